The third-order valence-corrected chi connectivity index (χ3v) is 3.32. The molecular weight excluding hydrogens is 309 g/mol. The van der Waals surface area contributed by atoms with Gasteiger partial charge in [0.15, 0.2) is 0 Å². The van der Waals surface area contributed by atoms with Gasteiger partial charge in [0.25, 0.3) is 0 Å². The first-order valence-corrected chi connectivity index (χ1v) is 6.92. The lowest BCUT2D eigenvalue weighted by atomic mass is 10.0. The highest BCUT2D eigenvalue weighted by molar-refractivity contribution is 5.85. The van der Waals surface area contributed by atoms with E-state index in [1.165, 1.54) is 5.56 Å². The van der Waals surface area contributed by atoms with Gasteiger partial charge >= 0.3 is 0 Å². The van der Waals surface area contributed by atoms with Gasteiger partial charge in [-0.15, -0.1) is 24.8 Å². The highest BCUT2D eigenvalue weighted by Gasteiger charge is 2.19. The smallest absolute Gasteiger partial charge is 0.236 e. The molecular formula is C15H27Cl2N3O. The summed E-state index contributed by atoms with van der Waals surface area (Å²) in [4.78, 5) is 14.0. The van der Waals surface area contributed by atoms with Crippen LogP contribution in [0.3, 0.4) is 0 Å². The van der Waals surface area contributed by atoms with Gasteiger partial charge in [-0.05, 0) is 25.6 Å². The molecule has 0 aromatic heterocycles. The molecule has 0 bridgehead atoms. The lowest BCUT2D eigenvalue weighted by Crippen LogP contribution is -2.43. The van der Waals surface area contributed by atoms with Gasteiger partial charge in [0.05, 0.1) is 12.1 Å². The maximum absolute atomic E-state index is 11.6. The molecule has 1 aromatic carbocycles. The number of amides is 1. The van der Waals surface area contributed by atoms with Crippen molar-refractivity contribution in [3.8, 4) is 0 Å². The molecule has 6 heteroatoms. The summed E-state index contributed by atoms with van der Waals surface area (Å²) in [5, 5.41) is 2.92. The van der Waals surface area contributed by atoms with E-state index in [-0.39, 0.29) is 36.8 Å². The Morgan fingerprint density at radius 1 is 1.19 bits per heavy atom. The van der Waals surface area contributed by atoms with Crippen LogP contribution in [0.1, 0.15) is 32.4 Å². The largest absolute Gasteiger partial charge is 0.353 e. The number of nitrogens with two attached hydrogens (primary N) is 1. The monoisotopic (exact) mass is 335 g/mol. The van der Waals surface area contributed by atoms with Gasteiger partial charge in [-0.25, -0.2) is 0 Å². The normalized spacial score (nSPS) is 12.8. The molecule has 3 N–H and O–H groups in total. The molecule has 2 atom stereocenters. The van der Waals surface area contributed by atoms with Crippen LogP contribution in [0.4, 0.5) is 0 Å². The zero-order chi connectivity index (χ0) is 14.3. The number of hydrogen-bond acceptors (Lipinski definition) is 3. The van der Waals surface area contributed by atoms with E-state index in [0.29, 0.717) is 6.54 Å². The molecule has 0 saturated carbocycles. The summed E-state index contributed by atoms with van der Waals surface area (Å²) >= 11 is 0. The van der Waals surface area contributed by atoms with Crippen molar-refractivity contribution < 1.29 is 4.79 Å². The Balaban J connectivity index is 0. The number of likely N-dealkylation sites (N-methyl/N-ethyl adjacent to an activating group) is 1. The lowest BCUT2D eigenvalue weighted by molar-refractivity contribution is -0.122. The first-order chi connectivity index (χ1) is 9.10. The fraction of sp³-hybridized carbons (Fsp3) is 0.533. The van der Waals surface area contributed by atoms with Crippen molar-refractivity contribution >= 4 is 30.7 Å². The highest BCUT2D eigenvalue weighted by Crippen LogP contribution is 2.19. The minimum atomic E-state index is -0.465. The van der Waals surface area contributed by atoms with Crippen molar-refractivity contribution in [1.82, 2.24) is 10.2 Å². The number of nitrogens with one attached hydrogen (secondary N) is 1. The molecule has 0 saturated heterocycles. The Bertz CT molecular complexity index is 384. The molecule has 0 aliphatic rings. The standard InChI is InChI=1S/C15H25N3O.2ClH/c1-4-18(5-2)14(11-17-15(19)12(3)16)13-9-7-6-8-10-13;;/h6-10,12,14H,4-5,11,16H2,1-3H3,(H,17,19);2*1H/t12-,14?;;/m0../s1. The molecule has 1 amide bonds. The number of carbonyl (C=O) groups is 1. The first kappa shape index (κ1) is 22.5. The number of halogens is 2. The molecule has 122 valence electrons. The van der Waals surface area contributed by atoms with Crippen LogP contribution in [0.2, 0.25) is 0 Å². The molecule has 1 aromatic rings. The summed E-state index contributed by atoms with van der Waals surface area (Å²) in [5.41, 5.74) is 6.79. The summed E-state index contributed by atoms with van der Waals surface area (Å²) in [6.45, 7) is 8.45. The van der Waals surface area contributed by atoms with Crippen LogP contribution in [0, 0.1) is 0 Å². The summed E-state index contributed by atoms with van der Waals surface area (Å²) < 4.78 is 0. The Hall–Kier alpha value is -0.810. The van der Waals surface area contributed by atoms with E-state index in [1.54, 1.807) is 6.92 Å². The van der Waals surface area contributed by atoms with E-state index in [2.05, 4.69) is 36.2 Å². The zero-order valence-corrected chi connectivity index (χ0v) is 14.5. The lowest BCUT2D eigenvalue weighted by Gasteiger charge is -2.30. The summed E-state index contributed by atoms with van der Waals surface area (Å²) in [6, 6.07) is 9.98. The van der Waals surface area contributed by atoms with Crippen LogP contribution in [0.15, 0.2) is 30.3 Å². The molecule has 0 radical (unpaired) electrons. The second kappa shape index (κ2) is 11.8. The summed E-state index contributed by atoms with van der Waals surface area (Å²) in [5.74, 6) is -0.104. The van der Waals surface area contributed by atoms with Gasteiger partial charge in [-0.1, -0.05) is 44.2 Å². The average molecular weight is 336 g/mol. The van der Waals surface area contributed by atoms with Crippen molar-refractivity contribution in [3.05, 3.63) is 35.9 Å². The van der Waals surface area contributed by atoms with Gasteiger partial charge in [0.1, 0.15) is 0 Å². The predicted molar refractivity (Wildman–Crippen MR) is 93.3 cm³/mol. The number of carbonyl (C=O) groups excluding carboxylic acids is 1. The third kappa shape index (κ3) is 7.14. The molecule has 4 nitrogen and oxygen atoms in total. The molecule has 0 fully saturated rings. The van der Waals surface area contributed by atoms with Crippen LogP contribution in [0.5, 0.6) is 0 Å². The minimum absolute atomic E-state index is 0. The van der Waals surface area contributed by atoms with Crippen LogP contribution < -0.4 is 11.1 Å². The van der Waals surface area contributed by atoms with Gasteiger partial charge < -0.3 is 11.1 Å². The molecule has 0 aliphatic heterocycles. The predicted octanol–water partition coefficient (Wildman–Crippen LogP) is 2.38. The van der Waals surface area contributed by atoms with Crippen molar-refractivity contribution in [1.29, 1.82) is 0 Å². The summed E-state index contributed by atoms with van der Waals surface area (Å²) in [7, 11) is 0. The molecule has 0 spiro atoms. The Morgan fingerprint density at radius 2 is 1.71 bits per heavy atom. The van der Waals surface area contributed by atoms with Crippen molar-refractivity contribution in [2.75, 3.05) is 19.6 Å². The van der Waals surface area contributed by atoms with Crippen LogP contribution in [-0.4, -0.2) is 36.5 Å². The zero-order valence-electron chi connectivity index (χ0n) is 12.9. The summed E-state index contributed by atoms with van der Waals surface area (Å²) in [6.07, 6.45) is 0. The Labute approximate surface area is 140 Å². The Morgan fingerprint density at radius 3 is 2.14 bits per heavy atom. The van der Waals surface area contributed by atoms with Gasteiger partial charge in [0.2, 0.25) is 5.91 Å². The van der Waals surface area contributed by atoms with Crippen LogP contribution in [0.25, 0.3) is 0 Å². The fourth-order valence-electron chi connectivity index (χ4n) is 2.16. The van der Waals surface area contributed by atoms with Crippen LogP contribution >= 0.6 is 24.8 Å². The molecule has 1 rings (SSSR count). The number of nitrogens with zero attached hydrogens (tertiary/aromatic N) is 1. The van der Waals surface area contributed by atoms with Crippen molar-refractivity contribution in [3.63, 3.8) is 0 Å². The highest BCUT2D eigenvalue weighted by atomic mass is 35.5. The van der Waals surface area contributed by atoms with Crippen molar-refractivity contribution in [2.24, 2.45) is 5.73 Å². The van der Waals surface area contributed by atoms with Gasteiger partial charge in [-0.3, -0.25) is 9.69 Å². The minimum Gasteiger partial charge on any atom is -0.353 e. The quantitative estimate of drug-likeness (QED) is 0.804. The second-order valence-corrected chi connectivity index (χ2v) is 4.68. The number of rotatable bonds is 7. The molecule has 1 unspecified atom stereocenters. The van der Waals surface area contributed by atoms with E-state index >= 15 is 0 Å². The molecule has 21 heavy (non-hydrogen) atoms. The van der Waals surface area contributed by atoms with Crippen LogP contribution in [-0.2, 0) is 4.79 Å². The Kier molecular flexibility index (Phi) is 12.6. The molecule has 0 heterocycles. The average Bonchev–Trinajstić information content (AvgIpc) is 2.43. The second-order valence-electron chi connectivity index (χ2n) is 4.68. The van der Waals surface area contributed by atoms with E-state index in [0.717, 1.165) is 13.1 Å². The van der Waals surface area contributed by atoms with E-state index in [9.17, 15) is 4.79 Å². The first-order valence-electron chi connectivity index (χ1n) is 6.92. The maximum atomic E-state index is 11.6. The third-order valence-electron chi connectivity index (χ3n) is 3.32. The fourth-order valence-corrected chi connectivity index (χ4v) is 2.16. The topological polar surface area (TPSA) is 58.4 Å². The number of benzene rings is 1. The number of hydrogen-bond donors (Lipinski definition) is 2. The SMILES string of the molecule is CCN(CC)C(CNC(=O)[C@H](C)N)c1ccccc1.Cl.Cl. The van der Waals surface area contributed by atoms with Gasteiger partial charge in [0, 0.05) is 6.54 Å². The molecule has 0 aliphatic carbocycles. The van der Waals surface area contributed by atoms with Crippen molar-refractivity contribution in [2.45, 2.75) is 32.9 Å². The van der Waals surface area contributed by atoms with E-state index in [1.807, 2.05) is 18.2 Å². The van der Waals surface area contributed by atoms with E-state index in [4.69, 9.17) is 5.73 Å². The maximum Gasteiger partial charge on any atom is 0.236 e. The van der Waals surface area contributed by atoms with Gasteiger partial charge in [-0.2, -0.15) is 0 Å². The van der Waals surface area contributed by atoms with E-state index < -0.39 is 6.04 Å².